The fraction of sp³-hybridized carbons (Fsp3) is 0.947. The zero-order valence-electron chi connectivity index (χ0n) is 16.6. The van der Waals surface area contributed by atoms with Gasteiger partial charge in [0.25, 0.3) is 0 Å². The molecule has 5 nitrogen and oxygen atoms in total. The molecule has 2 aliphatic rings. The summed E-state index contributed by atoms with van der Waals surface area (Å²) in [7, 11) is 1.16. The molecule has 1 aliphatic carbocycles. The van der Waals surface area contributed by atoms with Crippen LogP contribution in [0.15, 0.2) is 4.99 Å². The van der Waals surface area contributed by atoms with Crippen molar-refractivity contribution in [2.45, 2.75) is 76.6 Å². The Bertz CT molecular complexity index is 457. The molecule has 25 heavy (non-hydrogen) atoms. The van der Waals surface area contributed by atoms with Crippen LogP contribution in [-0.2, 0) is 10.8 Å². The van der Waals surface area contributed by atoms with Gasteiger partial charge in [-0.15, -0.1) is 0 Å². The number of piperidine rings is 1. The molecule has 0 aromatic rings. The molecule has 1 saturated carbocycles. The summed E-state index contributed by atoms with van der Waals surface area (Å²) in [5.74, 6) is 2.48. The molecule has 0 bridgehead atoms. The monoisotopic (exact) mass is 370 g/mol. The molecule has 146 valence electrons. The van der Waals surface area contributed by atoms with Crippen molar-refractivity contribution >= 4 is 16.8 Å². The second kappa shape index (κ2) is 10.5. The summed E-state index contributed by atoms with van der Waals surface area (Å²) in [5.41, 5.74) is 0. The van der Waals surface area contributed by atoms with Gasteiger partial charge in [-0.2, -0.15) is 0 Å². The summed E-state index contributed by atoms with van der Waals surface area (Å²) >= 11 is 0. The van der Waals surface area contributed by atoms with Gasteiger partial charge in [0, 0.05) is 54.0 Å². The molecule has 0 amide bonds. The molecule has 6 heteroatoms. The van der Waals surface area contributed by atoms with Crippen molar-refractivity contribution in [2.24, 2.45) is 10.9 Å². The van der Waals surface area contributed by atoms with Crippen molar-refractivity contribution in [3.05, 3.63) is 0 Å². The van der Waals surface area contributed by atoms with E-state index in [1.54, 1.807) is 0 Å². The SMILES string of the molecule is CCS(=O)C1CCCC(NC(=NC)NCC(C)N2CCCC(C)C2)C1. The van der Waals surface area contributed by atoms with Gasteiger partial charge in [0.15, 0.2) is 5.96 Å². The number of nitrogens with one attached hydrogen (secondary N) is 2. The highest BCUT2D eigenvalue weighted by Gasteiger charge is 2.26. The van der Waals surface area contributed by atoms with E-state index >= 15 is 0 Å². The Morgan fingerprint density at radius 1 is 1.32 bits per heavy atom. The highest BCUT2D eigenvalue weighted by atomic mass is 32.2. The molecule has 5 atom stereocenters. The number of nitrogens with zero attached hydrogens (tertiary/aromatic N) is 2. The third-order valence-corrected chi connectivity index (χ3v) is 7.46. The largest absolute Gasteiger partial charge is 0.355 e. The minimum atomic E-state index is -0.676. The highest BCUT2D eigenvalue weighted by molar-refractivity contribution is 7.85. The van der Waals surface area contributed by atoms with Gasteiger partial charge in [-0.05, 0) is 51.5 Å². The Morgan fingerprint density at radius 2 is 2.12 bits per heavy atom. The Kier molecular flexibility index (Phi) is 8.70. The molecule has 2 fully saturated rings. The maximum atomic E-state index is 12.1. The summed E-state index contributed by atoms with van der Waals surface area (Å²) in [6, 6.07) is 0.916. The first-order valence-electron chi connectivity index (χ1n) is 10.1. The average Bonchev–Trinajstić information content (AvgIpc) is 2.64. The Morgan fingerprint density at radius 3 is 2.80 bits per heavy atom. The summed E-state index contributed by atoms with van der Waals surface area (Å²) in [6.07, 6.45) is 7.10. The fourth-order valence-electron chi connectivity index (χ4n) is 4.14. The number of hydrogen-bond acceptors (Lipinski definition) is 3. The summed E-state index contributed by atoms with van der Waals surface area (Å²) in [4.78, 5) is 7.00. The van der Waals surface area contributed by atoms with Gasteiger partial charge < -0.3 is 10.6 Å². The molecule has 2 rings (SSSR count). The summed E-state index contributed by atoms with van der Waals surface area (Å²) in [5, 5.41) is 7.43. The minimum Gasteiger partial charge on any atom is -0.355 e. The van der Waals surface area contributed by atoms with Crippen LogP contribution in [0, 0.1) is 5.92 Å². The molecular weight excluding hydrogens is 332 g/mol. The van der Waals surface area contributed by atoms with Crippen LogP contribution in [0.1, 0.15) is 59.3 Å². The van der Waals surface area contributed by atoms with E-state index in [4.69, 9.17) is 0 Å². The van der Waals surface area contributed by atoms with E-state index in [-0.39, 0.29) is 0 Å². The molecule has 1 aliphatic heterocycles. The first kappa shape index (κ1) is 20.7. The van der Waals surface area contributed by atoms with Crippen molar-refractivity contribution in [3.63, 3.8) is 0 Å². The molecule has 2 N–H and O–H groups in total. The number of guanidine groups is 1. The molecule has 1 saturated heterocycles. The Hall–Kier alpha value is -0.620. The van der Waals surface area contributed by atoms with Crippen LogP contribution in [0.25, 0.3) is 0 Å². The van der Waals surface area contributed by atoms with Crippen LogP contribution in [0.4, 0.5) is 0 Å². The van der Waals surface area contributed by atoms with E-state index in [0.29, 0.717) is 17.3 Å². The van der Waals surface area contributed by atoms with Gasteiger partial charge >= 0.3 is 0 Å². The van der Waals surface area contributed by atoms with Gasteiger partial charge in [-0.1, -0.05) is 20.3 Å². The molecule has 0 radical (unpaired) electrons. The fourth-order valence-corrected chi connectivity index (χ4v) is 5.49. The van der Waals surface area contributed by atoms with E-state index in [0.717, 1.165) is 49.9 Å². The maximum Gasteiger partial charge on any atom is 0.191 e. The van der Waals surface area contributed by atoms with Gasteiger partial charge in [0.05, 0.1) is 0 Å². The minimum absolute atomic E-state index is 0.350. The first-order chi connectivity index (χ1) is 12.0. The zero-order chi connectivity index (χ0) is 18.2. The maximum absolute atomic E-state index is 12.1. The molecule has 0 aromatic carbocycles. The lowest BCUT2D eigenvalue weighted by Crippen LogP contribution is -2.51. The lowest BCUT2D eigenvalue weighted by molar-refractivity contribution is 0.139. The van der Waals surface area contributed by atoms with Gasteiger partial charge in [-0.3, -0.25) is 14.1 Å². The topological polar surface area (TPSA) is 56.7 Å². The summed E-state index contributed by atoms with van der Waals surface area (Å²) in [6.45, 7) is 10.0. The quantitative estimate of drug-likeness (QED) is 0.557. The molecule has 0 aromatic heterocycles. The number of hydrogen-bond donors (Lipinski definition) is 2. The normalized spacial score (nSPS) is 31.4. The standard InChI is InChI=1S/C19H38N4OS/c1-5-25(24)18-10-6-9-17(12-18)22-19(20-4)21-13-16(3)23-11-7-8-15(2)14-23/h15-18H,5-14H2,1-4H3,(H2,20,21,22). The lowest BCUT2D eigenvalue weighted by Gasteiger charge is -2.36. The van der Waals surface area contributed by atoms with Crippen LogP contribution >= 0.6 is 0 Å². The van der Waals surface area contributed by atoms with E-state index < -0.39 is 10.8 Å². The Labute approximate surface area is 156 Å². The van der Waals surface area contributed by atoms with Crippen molar-refractivity contribution < 1.29 is 4.21 Å². The summed E-state index contributed by atoms with van der Waals surface area (Å²) < 4.78 is 12.1. The zero-order valence-corrected chi connectivity index (χ0v) is 17.4. The third-order valence-electron chi connectivity index (χ3n) is 5.72. The van der Waals surface area contributed by atoms with Gasteiger partial charge in [0.2, 0.25) is 0 Å². The predicted octanol–water partition coefficient (Wildman–Crippen LogP) is 2.35. The lowest BCUT2D eigenvalue weighted by atomic mass is 9.95. The van der Waals surface area contributed by atoms with E-state index in [1.807, 2.05) is 14.0 Å². The van der Waals surface area contributed by atoms with E-state index in [9.17, 15) is 4.21 Å². The second-order valence-corrected chi connectivity index (χ2v) is 9.85. The van der Waals surface area contributed by atoms with Crippen molar-refractivity contribution in [1.29, 1.82) is 0 Å². The smallest absolute Gasteiger partial charge is 0.191 e. The van der Waals surface area contributed by atoms with E-state index in [2.05, 4.69) is 34.4 Å². The highest BCUT2D eigenvalue weighted by Crippen LogP contribution is 2.23. The predicted molar refractivity (Wildman–Crippen MR) is 109 cm³/mol. The van der Waals surface area contributed by atoms with E-state index in [1.165, 1.54) is 25.9 Å². The van der Waals surface area contributed by atoms with Gasteiger partial charge in [-0.25, -0.2) is 0 Å². The van der Waals surface area contributed by atoms with Crippen LogP contribution < -0.4 is 10.6 Å². The van der Waals surface area contributed by atoms with Gasteiger partial charge in [0.1, 0.15) is 0 Å². The van der Waals surface area contributed by atoms with Crippen LogP contribution in [0.3, 0.4) is 0 Å². The van der Waals surface area contributed by atoms with Crippen molar-refractivity contribution in [1.82, 2.24) is 15.5 Å². The molecule has 1 heterocycles. The van der Waals surface area contributed by atoms with Crippen molar-refractivity contribution in [2.75, 3.05) is 32.4 Å². The number of aliphatic imine (C=N–C) groups is 1. The van der Waals surface area contributed by atoms with Crippen molar-refractivity contribution in [3.8, 4) is 0 Å². The average molecular weight is 371 g/mol. The number of rotatable bonds is 6. The second-order valence-electron chi connectivity index (χ2n) is 7.84. The molecular formula is C19H38N4OS. The number of likely N-dealkylation sites (tertiary alicyclic amines) is 1. The Balaban J connectivity index is 1.77. The third kappa shape index (κ3) is 6.55. The molecule has 5 unspecified atom stereocenters. The first-order valence-corrected chi connectivity index (χ1v) is 11.5. The molecule has 0 spiro atoms. The van der Waals surface area contributed by atoms with Crippen LogP contribution in [-0.4, -0.2) is 64.8 Å². The van der Waals surface area contributed by atoms with Crippen LogP contribution in [0.2, 0.25) is 0 Å². The van der Waals surface area contributed by atoms with Crippen LogP contribution in [0.5, 0.6) is 0 Å².